The van der Waals surface area contributed by atoms with Gasteiger partial charge in [0, 0.05) is 19.3 Å². The molecule has 1 N–H and O–H groups in total. The highest BCUT2D eigenvalue weighted by Crippen LogP contribution is 2.14. The molecule has 0 spiro atoms. The van der Waals surface area contributed by atoms with E-state index in [1.807, 2.05) is 0 Å². The monoisotopic (exact) mass is 349 g/mol. The standard InChI is InChI=1S/C13H14ClF2N3O2S/c1-9-11(14)8-19(18-9)6-2-5-17-22(20,21)10-3-4-12(15)13(16)7-10/h3-4,7-8,17H,2,5-6H2,1H3. The molecular formula is C13H14ClF2N3O2S. The van der Waals surface area contributed by atoms with Gasteiger partial charge in [0.15, 0.2) is 11.6 Å². The van der Waals surface area contributed by atoms with Crippen molar-refractivity contribution in [1.29, 1.82) is 0 Å². The molecule has 0 amide bonds. The molecule has 0 fully saturated rings. The summed E-state index contributed by atoms with van der Waals surface area (Å²) in [5, 5.41) is 4.68. The van der Waals surface area contributed by atoms with Crippen molar-refractivity contribution >= 4 is 21.6 Å². The second-order valence-corrected chi connectivity index (χ2v) is 6.83. The van der Waals surface area contributed by atoms with Crippen LogP contribution in [0.4, 0.5) is 8.78 Å². The highest BCUT2D eigenvalue weighted by atomic mass is 35.5. The third-order valence-corrected chi connectivity index (χ3v) is 4.77. The SMILES string of the molecule is Cc1nn(CCCNS(=O)(=O)c2ccc(F)c(F)c2)cc1Cl. The minimum absolute atomic E-state index is 0.137. The Balaban J connectivity index is 1.91. The summed E-state index contributed by atoms with van der Waals surface area (Å²) in [4.78, 5) is -0.315. The Morgan fingerprint density at radius 3 is 2.64 bits per heavy atom. The Bertz CT molecular complexity index is 758. The van der Waals surface area contributed by atoms with Gasteiger partial charge in [-0.3, -0.25) is 4.68 Å². The minimum Gasteiger partial charge on any atom is -0.271 e. The summed E-state index contributed by atoms with van der Waals surface area (Å²) in [6.07, 6.45) is 2.13. The number of nitrogens with zero attached hydrogens (tertiary/aromatic N) is 2. The van der Waals surface area contributed by atoms with Crippen molar-refractivity contribution in [3.63, 3.8) is 0 Å². The zero-order chi connectivity index (χ0) is 16.3. The van der Waals surface area contributed by atoms with E-state index in [-0.39, 0.29) is 11.4 Å². The minimum atomic E-state index is -3.87. The van der Waals surface area contributed by atoms with Gasteiger partial charge in [-0.25, -0.2) is 21.9 Å². The summed E-state index contributed by atoms with van der Waals surface area (Å²) in [5.41, 5.74) is 0.698. The first kappa shape index (κ1) is 16.9. The second kappa shape index (κ2) is 6.72. The first-order valence-corrected chi connectivity index (χ1v) is 8.30. The lowest BCUT2D eigenvalue weighted by Crippen LogP contribution is -2.25. The summed E-state index contributed by atoms with van der Waals surface area (Å²) >= 11 is 5.86. The van der Waals surface area contributed by atoms with Crippen LogP contribution >= 0.6 is 11.6 Å². The molecule has 0 saturated heterocycles. The van der Waals surface area contributed by atoms with Gasteiger partial charge in [-0.2, -0.15) is 5.10 Å². The van der Waals surface area contributed by atoms with Crippen LogP contribution in [0, 0.1) is 18.6 Å². The van der Waals surface area contributed by atoms with Crippen molar-refractivity contribution in [2.75, 3.05) is 6.54 Å². The molecule has 120 valence electrons. The smallest absolute Gasteiger partial charge is 0.240 e. The van der Waals surface area contributed by atoms with Gasteiger partial charge in [-0.1, -0.05) is 11.6 Å². The fraction of sp³-hybridized carbons (Fsp3) is 0.308. The fourth-order valence-corrected chi connectivity index (χ4v) is 3.02. The lowest BCUT2D eigenvalue weighted by atomic mass is 10.3. The quantitative estimate of drug-likeness (QED) is 0.815. The summed E-state index contributed by atoms with van der Waals surface area (Å²) < 4.78 is 53.7. The summed E-state index contributed by atoms with van der Waals surface area (Å²) in [5.74, 6) is -2.30. The zero-order valence-electron chi connectivity index (χ0n) is 11.7. The van der Waals surface area contributed by atoms with Crippen LogP contribution in [0.5, 0.6) is 0 Å². The average molecular weight is 350 g/mol. The Kier molecular flexibility index (Phi) is 5.15. The molecule has 0 unspecified atom stereocenters. The zero-order valence-corrected chi connectivity index (χ0v) is 13.3. The average Bonchev–Trinajstić information content (AvgIpc) is 2.77. The van der Waals surface area contributed by atoms with Crippen molar-refractivity contribution in [3.8, 4) is 0 Å². The third-order valence-electron chi connectivity index (χ3n) is 2.94. The topological polar surface area (TPSA) is 64.0 Å². The summed E-state index contributed by atoms with van der Waals surface area (Å²) in [6, 6.07) is 2.43. The van der Waals surface area contributed by atoms with Gasteiger partial charge < -0.3 is 0 Å². The molecule has 0 aliphatic carbocycles. The van der Waals surface area contributed by atoms with Crippen LogP contribution in [0.25, 0.3) is 0 Å². The van der Waals surface area contributed by atoms with Crippen LogP contribution in [-0.2, 0) is 16.6 Å². The van der Waals surface area contributed by atoms with Crippen molar-refractivity contribution < 1.29 is 17.2 Å². The second-order valence-electron chi connectivity index (χ2n) is 4.65. The third kappa shape index (κ3) is 4.02. The van der Waals surface area contributed by atoms with Gasteiger partial charge in [0.2, 0.25) is 10.0 Å². The number of halogens is 3. The maximum atomic E-state index is 13.1. The van der Waals surface area contributed by atoms with E-state index in [0.29, 0.717) is 29.7 Å². The molecule has 0 aliphatic heterocycles. The fourth-order valence-electron chi connectivity index (χ4n) is 1.78. The van der Waals surface area contributed by atoms with E-state index in [2.05, 4.69) is 9.82 Å². The highest BCUT2D eigenvalue weighted by Gasteiger charge is 2.15. The van der Waals surface area contributed by atoms with Crippen LogP contribution in [0.3, 0.4) is 0 Å². The van der Waals surface area contributed by atoms with Gasteiger partial charge in [0.25, 0.3) is 0 Å². The van der Waals surface area contributed by atoms with E-state index < -0.39 is 21.7 Å². The molecule has 1 heterocycles. The predicted molar refractivity (Wildman–Crippen MR) is 78.1 cm³/mol. The molecular weight excluding hydrogens is 336 g/mol. The number of nitrogens with one attached hydrogen (secondary N) is 1. The molecule has 0 radical (unpaired) electrons. The molecule has 0 aliphatic rings. The van der Waals surface area contributed by atoms with E-state index in [4.69, 9.17) is 11.6 Å². The predicted octanol–water partition coefficient (Wildman–Crippen LogP) is 2.49. The van der Waals surface area contributed by atoms with E-state index in [1.54, 1.807) is 17.8 Å². The van der Waals surface area contributed by atoms with Gasteiger partial charge in [-0.05, 0) is 31.5 Å². The van der Waals surface area contributed by atoms with E-state index >= 15 is 0 Å². The Hall–Kier alpha value is -1.51. The number of hydrogen-bond donors (Lipinski definition) is 1. The van der Waals surface area contributed by atoms with Gasteiger partial charge in [-0.15, -0.1) is 0 Å². The van der Waals surface area contributed by atoms with Crippen molar-refractivity contribution in [1.82, 2.24) is 14.5 Å². The number of aryl methyl sites for hydroxylation is 2. The van der Waals surface area contributed by atoms with E-state index in [9.17, 15) is 17.2 Å². The molecule has 2 rings (SSSR count). The number of sulfonamides is 1. The Morgan fingerprint density at radius 2 is 2.05 bits per heavy atom. The molecule has 5 nitrogen and oxygen atoms in total. The van der Waals surface area contributed by atoms with Crippen molar-refractivity contribution in [2.24, 2.45) is 0 Å². The molecule has 0 saturated carbocycles. The van der Waals surface area contributed by atoms with E-state index in [1.165, 1.54) is 0 Å². The maximum absolute atomic E-state index is 13.1. The first-order valence-electron chi connectivity index (χ1n) is 6.44. The lowest BCUT2D eigenvalue weighted by molar-refractivity contribution is 0.503. The van der Waals surface area contributed by atoms with Crippen LogP contribution in [0.2, 0.25) is 5.02 Å². The molecule has 1 aromatic heterocycles. The van der Waals surface area contributed by atoms with Crippen molar-refractivity contribution in [2.45, 2.75) is 24.8 Å². The van der Waals surface area contributed by atoms with Crippen LogP contribution in [0.1, 0.15) is 12.1 Å². The largest absolute Gasteiger partial charge is 0.271 e. The normalized spacial score (nSPS) is 11.8. The number of benzene rings is 1. The number of aromatic nitrogens is 2. The maximum Gasteiger partial charge on any atom is 0.240 e. The van der Waals surface area contributed by atoms with Gasteiger partial charge >= 0.3 is 0 Å². The van der Waals surface area contributed by atoms with Crippen LogP contribution in [0.15, 0.2) is 29.3 Å². The van der Waals surface area contributed by atoms with Gasteiger partial charge in [0.1, 0.15) is 0 Å². The number of rotatable bonds is 6. The number of hydrogen-bond acceptors (Lipinski definition) is 3. The lowest BCUT2D eigenvalue weighted by Gasteiger charge is -2.07. The molecule has 9 heteroatoms. The van der Waals surface area contributed by atoms with E-state index in [0.717, 1.165) is 12.1 Å². The highest BCUT2D eigenvalue weighted by molar-refractivity contribution is 7.89. The van der Waals surface area contributed by atoms with Crippen LogP contribution in [-0.4, -0.2) is 24.7 Å². The molecule has 0 atom stereocenters. The summed E-state index contributed by atoms with van der Waals surface area (Å²) in [6.45, 7) is 2.39. The Labute approximate surface area is 132 Å². The molecule has 2 aromatic rings. The molecule has 22 heavy (non-hydrogen) atoms. The molecule has 1 aromatic carbocycles. The van der Waals surface area contributed by atoms with Gasteiger partial charge in [0.05, 0.1) is 15.6 Å². The van der Waals surface area contributed by atoms with Crippen LogP contribution < -0.4 is 4.72 Å². The summed E-state index contributed by atoms with van der Waals surface area (Å²) in [7, 11) is -3.87. The Morgan fingerprint density at radius 1 is 1.32 bits per heavy atom. The van der Waals surface area contributed by atoms with Crippen molar-refractivity contribution in [3.05, 3.63) is 46.7 Å². The molecule has 0 bridgehead atoms. The first-order chi connectivity index (χ1) is 10.3.